The highest BCUT2D eigenvalue weighted by Crippen LogP contribution is 2.11. The molecule has 1 amide bonds. The molecule has 0 atom stereocenters. The Hall–Kier alpha value is -1.56. The lowest BCUT2D eigenvalue weighted by molar-refractivity contribution is -0.115. The maximum absolute atomic E-state index is 11.8. The van der Waals surface area contributed by atoms with E-state index < -0.39 is 0 Å². The predicted octanol–water partition coefficient (Wildman–Crippen LogP) is 2.54. The first-order valence-electron chi connectivity index (χ1n) is 6.35. The van der Waals surface area contributed by atoms with Crippen LogP contribution in [0.3, 0.4) is 0 Å². The molecule has 21 heavy (non-hydrogen) atoms. The Morgan fingerprint density at radius 1 is 1.29 bits per heavy atom. The van der Waals surface area contributed by atoms with E-state index in [9.17, 15) is 4.79 Å². The van der Waals surface area contributed by atoms with Crippen LogP contribution in [0, 0.1) is 0 Å². The molecule has 0 unspecified atom stereocenters. The molecular formula is C14H20Cl2N4O. The summed E-state index contributed by atoms with van der Waals surface area (Å²) in [5, 5.41) is 12.7. The number of H-pyrrole nitrogens is 1. The van der Waals surface area contributed by atoms with Crippen molar-refractivity contribution in [1.29, 1.82) is 0 Å². The van der Waals surface area contributed by atoms with E-state index in [-0.39, 0.29) is 30.7 Å². The number of rotatable bonds is 6. The van der Waals surface area contributed by atoms with E-state index in [1.807, 2.05) is 24.3 Å². The van der Waals surface area contributed by atoms with Crippen LogP contribution in [0.25, 0.3) is 0 Å². The normalized spacial score (nSPS) is 9.38. The molecule has 5 nitrogen and oxygen atoms in total. The lowest BCUT2D eigenvalue weighted by Gasteiger charge is -2.07. The van der Waals surface area contributed by atoms with Crippen molar-refractivity contribution >= 4 is 36.4 Å². The molecule has 0 spiro atoms. The fraction of sp³-hybridized carbons (Fsp3) is 0.286. The summed E-state index contributed by atoms with van der Waals surface area (Å²) in [5.41, 5.74) is 2.78. The Balaban J connectivity index is 0.00000200. The van der Waals surface area contributed by atoms with Crippen molar-refractivity contribution in [2.75, 3.05) is 11.9 Å². The average molecular weight is 331 g/mol. The van der Waals surface area contributed by atoms with Gasteiger partial charge in [0, 0.05) is 24.1 Å². The zero-order valence-corrected chi connectivity index (χ0v) is 13.4. The molecule has 0 aliphatic carbocycles. The minimum absolute atomic E-state index is 0. The zero-order chi connectivity index (χ0) is 13.5. The number of hydrogen-bond donors (Lipinski definition) is 3. The lowest BCUT2D eigenvalue weighted by atomic mass is 10.2. The molecule has 0 saturated heterocycles. The Kier molecular flexibility index (Phi) is 9.45. The van der Waals surface area contributed by atoms with Crippen LogP contribution in [-0.2, 0) is 17.8 Å². The summed E-state index contributed by atoms with van der Waals surface area (Å²) in [4.78, 5) is 11.8. The molecule has 1 aromatic heterocycles. The maximum Gasteiger partial charge on any atom is 0.230 e. The maximum atomic E-state index is 11.8. The van der Waals surface area contributed by atoms with E-state index in [1.165, 1.54) is 0 Å². The Bertz CT molecular complexity index is 532. The van der Waals surface area contributed by atoms with E-state index in [0.29, 0.717) is 6.42 Å². The number of nitrogens with zero attached hydrogens (tertiary/aromatic N) is 1. The second-order valence-electron chi connectivity index (χ2n) is 4.29. The number of carbonyl (C=O) groups excluding carboxylic acids is 1. The summed E-state index contributed by atoms with van der Waals surface area (Å²) in [5.74, 6) is -0.0511. The third-order valence-corrected chi connectivity index (χ3v) is 2.70. The fourth-order valence-corrected chi connectivity index (χ4v) is 1.79. The number of nitrogens with one attached hydrogen (secondary N) is 3. The highest BCUT2D eigenvalue weighted by Gasteiger charge is 2.05. The Morgan fingerprint density at radius 3 is 2.76 bits per heavy atom. The molecule has 1 aromatic carbocycles. The van der Waals surface area contributed by atoms with Crippen molar-refractivity contribution in [3.05, 3.63) is 47.8 Å². The van der Waals surface area contributed by atoms with E-state index in [1.54, 1.807) is 12.3 Å². The molecule has 7 heteroatoms. The van der Waals surface area contributed by atoms with E-state index >= 15 is 0 Å². The molecule has 0 bridgehead atoms. The summed E-state index contributed by atoms with van der Waals surface area (Å²) < 4.78 is 0. The van der Waals surface area contributed by atoms with Crippen LogP contribution in [0.5, 0.6) is 0 Å². The van der Waals surface area contributed by atoms with E-state index in [0.717, 1.165) is 30.0 Å². The van der Waals surface area contributed by atoms with Crippen LogP contribution in [0.4, 0.5) is 5.69 Å². The highest BCUT2D eigenvalue weighted by molar-refractivity contribution is 5.92. The summed E-state index contributed by atoms with van der Waals surface area (Å²) in [6, 6.07) is 9.64. The molecule has 0 aliphatic heterocycles. The number of amides is 1. The summed E-state index contributed by atoms with van der Waals surface area (Å²) in [6.07, 6.45) is 1.94. The fourth-order valence-electron chi connectivity index (χ4n) is 1.79. The third kappa shape index (κ3) is 6.62. The molecular weight excluding hydrogens is 311 g/mol. The van der Waals surface area contributed by atoms with Crippen LogP contribution in [-0.4, -0.2) is 22.6 Å². The first-order valence-corrected chi connectivity index (χ1v) is 6.35. The number of halogens is 2. The summed E-state index contributed by atoms with van der Waals surface area (Å²) in [6.45, 7) is 3.80. The standard InChI is InChI=1S/C14H18N4O.2ClH/c1-2-15-10-11-4-3-5-12(8-11)17-14(19)9-13-6-7-16-18-13;;/h3-8,15H,2,9-10H2,1H3,(H,16,18)(H,17,19);2*1H. The molecule has 0 radical (unpaired) electrons. The van der Waals surface area contributed by atoms with Gasteiger partial charge in [-0.05, 0) is 30.3 Å². The average Bonchev–Trinajstić information content (AvgIpc) is 2.89. The van der Waals surface area contributed by atoms with Crippen LogP contribution in [0.2, 0.25) is 0 Å². The van der Waals surface area contributed by atoms with Gasteiger partial charge >= 0.3 is 0 Å². The predicted molar refractivity (Wildman–Crippen MR) is 89.2 cm³/mol. The van der Waals surface area contributed by atoms with Gasteiger partial charge in [-0.1, -0.05) is 19.1 Å². The number of anilines is 1. The van der Waals surface area contributed by atoms with Gasteiger partial charge in [-0.2, -0.15) is 5.10 Å². The Labute approximate surface area is 136 Å². The molecule has 2 aromatic rings. The molecule has 0 fully saturated rings. The SMILES string of the molecule is CCNCc1cccc(NC(=O)Cc2ccn[nH]2)c1.Cl.Cl. The largest absolute Gasteiger partial charge is 0.326 e. The Morgan fingerprint density at radius 2 is 2.10 bits per heavy atom. The van der Waals surface area contributed by atoms with Gasteiger partial charge in [0.25, 0.3) is 0 Å². The molecule has 116 valence electrons. The second-order valence-corrected chi connectivity index (χ2v) is 4.29. The molecule has 0 aliphatic rings. The van der Waals surface area contributed by atoms with E-state index in [4.69, 9.17) is 0 Å². The lowest BCUT2D eigenvalue weighted by Crippen LogP contribution is -2.15. The second kappa shape index (κ2) is 10.2. The van der Waals surface area contributed by atoms with Gasteiger partial charge < -0.3 is 10.6 Å². The number of carbonyl (C=O) groups is 1. The number of aromatic nitrogens is 2. The zero-order valence-electron chi connectivity index (χ0n) is 11.8. The van der Waals surface area contributed by atoms with Gasteiger partial charge in [0.15, 0.2) is 0 Å². The van der Waals surface area contributed by atoms with Gasteiger partial charge in [0.05, 0.1) is 6.42 Å². The van der Waals surface area contributed by atoms with Crippen molar-refractivity contribution < 1.29 is 4.79 Å². The number of benzene rings is 1. The highest BCUT2D eigenvalue weighted by atomic mass is 35.5. The van der Waals surface area contributed by atoms with Crippen molar-refractivity contribution in [3.63, 3.8) is 0 Å². The quantitative estimate of drug-likeness (QED) is 0.762. The number of hydrogen-bond acceptors (Lipinski definition) is 3. The number of aromatic amines is 1. The van der Waals surface area contributed by atoms with Crippen LogP contribution < -0.4 is 10.6 Å². The van der Waals surface area contributed by atoms with Crippen LogP contribution in [0.1, 0.15) is 18.2 Å². The monoisotopic (exact) mass is 330 g/mol. The van der Waals surface area contributed by atoms with Crippen molar-refractivity contribution in [1.82, 2.24) is 15.5 Å². The molecule has 0 saturated carbocycles. The van der Waals surface area contributed by atoms with Gasteiger partial charge in [-0.25, -0.2) is 0 Å². The smallest absolute Gasteiger partial charge is 0.230 e. The topological polar surface area (TPSA) is 69.8 Å². The van der Waals surface area contributed by atoms with Crippen molar-refractivity contribution in [2.24, 2.45) is 0 Å². The van der Waals surface area contributed by atoms with Crippen molar-refractivity contribution in [2.45, 2.75) is 19.9 Å². The minimum Gasteiger partial charge on any atom is -0.326 e. The summed E-state index contributed by atoms with van der Waals surface area (Å²) >= 11 is 0. The van der Waals surface area contributed by atoms with Gasteiger partial charge in [-0.3, -0.25) is 9.89 Å². The summed E-state index contributed by atoms with van der Waals surface area (Å²) in [7, 11) is 0. The van der Waals surface area contributed by atoms with Gasteiger partial charge in [-0.15, -0.1) is 24.8 Å². The minimum atomic E-state index is -0.0511. The van der Waals surface area contributed by atoms with Gasteiger partial charge in [0.2, 0.25) is 5.91 Å². The van der Waals surface area contributed by atoms with E-state index in [2.05, 4.69) is 27.8 Å². The van der Waals surface area contributed by atoms with Gasteiger partial charge in [0.1, 0.15) is 0 Å². The molecule has 2 rings (SSSR count). The molecule has 1 heterocycles. The van der Waals surface area contributed by atoms with Crippen LogP contribution in [0.15, 0.2) is 36.5 Å². The third-order valence-electron chi connectivity index (χ3n) is 2.70. The first-order chi connectivity index (χ1) is 9.28. The van der Waals surface area contributed by atoms with Crippen molar-refractivity contribution in [3.8, 4) is 0 Å². The van der Waals surface area contributed by atoms with Crippen LogP contribution >= 0.6 is 24.8 Å². The first kappa shape index (κ1) is 19.4. The molecule has 3 N–H and O–H groups in total.